The molecular formula is C25H24ClN3O2. The summed E-state index contributed by atoms with van der Waals surface area (Å²) < 4.78 is 7.99. The molecule has 0 spiro atoms. The minimum absolute atomic E-state index is 0.117. The van der Waals surface area contributed by atoms with E-state index in [0.717, 1.165) is 23.3 Å². The molecule has 1 N–H and O–H groups in total. The van der Waals surface area contributed by atoms with E-state index in [1.807, 2.05) is 73.7 Å². The fourth-order valence-corrected chi connectivity index (χ4v) is 3.75. The summed E-state index contributed by atoms with van der Waals surface area (Å²) in [5.74, 6) is 1.39. The Morgan fingerprint density at radius 1 is 1.03 bits per heavy atom. The number of aromatic nitrogens is 2. The third kappa shape index (κ3) is 4.89. The van der Waals surface area contributed by atoms with Gasteiger partial charge in [-0.2, -0.15) is 0 Å². The van der Waals surface area contributed by atoms with Crippen molar-refractivity contribution in [1.29, 1.82) is 0 Å². The van der Waals surface area contributed by atoms with Crippen LogP contribution in [0.25, 0.3) is 11.0 Å². The lowest BCUT2D eigenvalue weighted by Crippen LogP contribution is -2.28. The van der Waals surface area contributed by atoms with Crippen molar-refractivity contribution in [2.75, 3.05) is 6.61 Å². The van der Waals surface area contributed by atoms with E-state index in [1.165, 1.54) is 0 Å². The van der Waals surface area contributed by atoms with Gasteiger partial charge in [0.1, 0.15) is 11.6 Å². The third-order valence-electron chi connectivity index (χ3n) is 5.08. The smallest absolute Gasteiger partial charge is 0.251 e. The van der Waals surface area contributed by atoms with Crippen molar-refractivity contribution in [3.8, 4) is 5.75 Å². The van der Waals surface area contributed by atoms with Crippen LogP contribution in [0.1, 0.15) is 35.6 Å². The number of carbonyl (C=O) groups excluding carboxylic acids is 1. The SMILES string of the molecule is CC(NC(=O)c1ccccc1)c1nc2ccccc2n1CCCOc1ccccc1Cl. The molecule has 1 unspecified atom stereocenters. The van der Waals surface area contributed by atoms with Crippen molar-refractivity contribution >= 4 is 28.5 Å². The number of aryl methyl sites for hydroxylation is 1. The summed E-state index contributed by atoms with van der Waals surface area (Å²) in [6.45, 7) is 3.20. The highest BCUT2D eigenvalue weighted by Crippen LogP contribution is 2.24. The van der Waals surface area contributed by atoms with E-state index in [2.05, 4.69) is 9.88 Å². The number of hydrogen-bond donors (Lipinski definition) is 1. The second-order valence-electron chi connectivity index (χ2n) is 7.30. The van der Waals surface area contributed by atoms with Gasteiger partial charge in [0.15, 0.2) is 0 Å². The zero-order chi connectivity index (χ0) is 21.6. The van der Waals surface area contributed by atoms with Crippen LogP contribution in [0, 0.1) is 0 Å². The standard InChI is InChI=1S/C25H24ClN3O2/c1-18(27-25(30)19-10-3-2-4-11-19)24-28-21-13-6-7-14-22(21)29(24)16-9-17-31-23-15-8-5-12-20(23)26/h2-8,10-15,18H,9,16-17H2,1H3,(H,27,30). The number of nitrogens with one attached hydrogen (secondary N) is 1. The van der Waals surface area contributed by atoms with Gasteiger partial charge >= 0.3 is 0 Å². The maximum Gasteiger partial charge on any atom is 0.251 e. The van der Waals surface area contributed by atoms with E-state index >= 15 is 0 Å². The van der Waals surface area contributed by atoms with Gasteiger partial charge < -0.3 is 14.6 Å². The maximum atomic E-state index is 12.6. The molecule has 4 rings (SSSR count). The van der Waals surface area contributed by atoms with Gasteiger partial charge in [-0.05, 0) is 49.7 Å². The highest BCUT2D eigenvalue weighted by molar-refractivity contribution is 6.32. The fourth-order valence-electron chi connectivity index (χ4n) is 3.56. The largest absolute Gasteiger partial charge is 0.492 e. The number of amides is 1. The Morgan fingerprint density at radius 2 is 1.74 bits per heavy atom. The van der Waals surface area contributed by atoms with Gasteiger partial charge in [0.05, 0.1) is 28.7 Å². The summed E-state index contributed by atoms with van der Waals surface area (Å²) in [6.07, 6.45) is 0.776. The predicted molar refractivity (Wildman–Crippen MR) is 124 cm³/mol. The molecule has 1 amide bonds. The molecule has 4 aromatic rings. The monoisotopic (exact) mass is 433 g/mol. The minimum Gasteiger partial charge on any atom is -0.492 e. The Kier molecular flexibility index (Phi) is 6.53. The Balaban J connectivity index is 1.49. The number of hydrogen-bond acceptors (Lipinski definition) is 3. The number of imidazole rings is 1. The lowest BCUT2D eigenvalue weighted by molar-refractivity contribution is 0.0937. The number of para-hydroxylation sites is 3. The minimum atomic E-state index is -0.246. The number of halogens is 1. The zero-order valence-corrected chi connectivity index (χ0v) is 18.0. The summed E-state index contributed by atoms with van der Waals surface area (Å²) >= 11 is 6.17. The maximum absolute atomic E-state index is 12.6. The quantitative estimate of drug-likeness (QED) is 0.365. The number of rotatable bonds is 8. The highest BCUT2D eigenvalue weighted by atomic mass is 35.5. The third-order valence-corrected chi connectivity index (χ3v) is 5.39. The van der Waals surface area contributed by atoms with Crippen LogP contribution >= 0.6 is 11.6 Å². The molecule has 3 aromatic carbocycles. The van der Waals surface area contributed by atoms with Crippen LogP contribution in [0.3, 0.4) is 0 Å². The summed E-state index contributed by atoms with van der Waals surface area (Å²) in [5.41, 5.74) is 2.58. The van der Waals surface area contributed by atoms with Crippen molar-refractivity contribution in [1.82, 2.24) is 14.9 Å². The molecule has 0 saturated heterocycles. The van der Waals surface area contributed by atoms with E-state index in [4.69, 9.17) is 21.3 Å². The van der Waals surface area contributed by atoms with Crippen molar-refractivity contribution in [3.05, 3.63) is 95.3 Å². The lowest BCUT2D eigenvalue weighted by atomic mass is 10.2. The summed E-state index contributed by atoms with van der Waals surface area (Å²) in [4.78, 5) is 17.4. The molecule has 1 heterocycles. The van der Waals surface area contributed by atoms with Gasteiger partial charge in [0.2, 0.25) is 0 Å². The molecule has 5 nitrogen and oxygen atoms in total. The van der Waals surface area contributed by atoms with Crippen LogP contribution in [0.5, 0.6) is 5.75 Å². The fraction of sp³-hybridized carbons (Fsp3) is 0.200. The van der Waals surface area contributed by atoms with Crippen molar-refractivity contribution in [2.24, 2.45) is 0 Å². The summed E-state index contributed by atoms with van der Waals surface area (Å²) in [5, 5.41) is 3.67. The molecule has 0 radical (unpaired) electrons. The molecule has 0 bridgehead atoms. The molecule has 1 aromatic heterocycles. The first-order chi connectivity index (χ1) is 15.1. The van der Waals surface area contributed by atoms with Gasteiger partial charge in [-0.3, -0.25) is 4.79 Å². The molecule has 0 aliphatic carbocycles. The number of benzene rings is 3. The Bertz CT molecular complexity index is 1170. The second-order valence-corrected chi connectivity index (χ2v) is 7.71. The topological polar surface area (TPSA) is 56.2 Å². The number of ether oxygens (including phenoxy) is 1. The average Bonchev–Trinajstić information content (AvgIpc) is 3.17. The van der Waals surface area contributed by atoms with E-state index in [9.17, 15) is 4.79 Å². The van der Waals surface area contributed by atoms with E-state index in [0.29, 0.717) is 29.5 Å². The Labute approximate surface area is 186 Å². The van der Waals surface area contributed by atoms with Crippen LogP contribution < -0.4 is 10.1 Å². The van der Waals surface area contributed by atoms with Crippen molar-refractivity contribution in [2.45, 2.75) is 25.9 Å². The van der Waals surface area contributed by atoms with Gasteiger partial charge in [-0.25, -0.2) is 4.98 Å². The van der Waals surface area contributed by atoms with Gasteiger partial charge in [-0.1, -0.05) is 54.1 Å². The van der Waals surface area contributed by atoms with Crippen LogP contribution in [-0.2, 0) is 6.54 Å². The predicted octanol–water partition coefficient (Wildman–Crippen LogP) is 5.65. The van der Waals surface area contributed by atoms with Gasteiger partial charge in [0, 0.05) is 12.1 Å². The summed E-state index contributed by atoms with van der Waals surface area (Å²) in [6, 6.07) is 24.4. The number of carbonyl (C=O) groups is 1. The molecule has 1 atom stereocenters. The normalized spacial score (nSPS) is 11.9. The zero-order valence-electron chi connectivity index (χ0n) is 17.3. The second kappa shape index (κ2) is 9.67. The molecule has 0 saturated carbocycles. The molecule has 0 fully saturated rings. The van der Waals surface area contributed by atoms with E-state index in [-0.39, 0.29) is 11.9 Å². The molecule has 31 heavy (non-hydrogen) atoms. The first kappa shape index (κ1) is 20.9. The first-order valence-electron chi connectivity index (χ1n) is 10.3. The van der Waals surface area contributed by atoms with E-state index in [1.54, 1.807) is 12.1 Å². The van der Waals surface area contributed by atoms with Crippen molar-refractivity contribution in [3.63, 3.8) is 0 Å². The van der Waals surface area contributed by atoms with Gasteiger partial charge in [-0.15, -0.1) is 0 Å². The molecule has 6 heteroatoms. The lowest BCUT2D eigenvalue weighted by Gasteiger charge is -2.17. The van der Waals surface area contributed by atoms with E-state index < -0.39 is 0 Å². The van der Waals surface area contributed by atoms with Gasteiger partial charge in [0.25, 0.3) is 5.91 Å². The summed E-state index contributed by atoms with van der Waals surface area (Å²) in [7, 11) is 0. The Hall–Kier alpha value is -3.31. The average molecular weight is 434 g/mol. The number of fused-ring (bicyclic) bond motifs is 1. The van der Waals surface area contributed by atoms with Crippen molar-refractivity contribution < 1.29 is 9.53 Å². The molecule has 0 aliphatic rings. The highest BCUT2D eigenvalue weighted by Gasteiger charge is 2.19. The number of nitrogens with zero attached hydrogens (tertiary/aromatic N) is 2. The van der Waals surface area contributed by atoms with Crippen LogP contribution in [0.15, 0.2) is 78.9 Å². The first-order valence-corrected chi connectivity index (χ1v) is 10.7. The molecule has 0 aliphatic heterocycles. The van der Waals surface area contributed by atoms with Crippen LogP contribution in [0.2, 0.25) is 5.02 Å². The Morgan fingerprint density at radius 3 is 2.55 bits per heavy atom. The molecule has 158 valence electrons. The van der Waals surface area contributed by atoms with Crippen LogP contribution in [0.4, 0.5) is 0 Å². The molecular weight excluding hydrogens is 410 g/mol. The van der Waals surface area contributed by atoms with Crippen LogP contribution in [-0.4, -0.2) is 22.1 Å².